The molecule has 2 aromatic rings. The summed E-state index contributed by atoms with van der Waals surface area (Å²) in [5.74, 6) is 1.43. The second-order valence-electron chi connectivity index (χ2n) is 6.06. The quantitative estimate of drug-likeness (QED) is 0.902. The van der Waals surface area contributed by atoms with Gasteiger partial charge in [-0.05, 0) is 50.2 Å². The Morgan fingerprint density at radius 1 is 1.08 bits per heavy atom. The number of carbonyl (C=O) groups excluding carboxylic acids is 1. The van der Waals surface area contributed by atoms with Gasteiger partial charge >= 0.3 is 6.09 Å². The predicted molar refractivity (Wildman–Crippen MR) is 92.0 cm³/mol. The zero-order chi connectivity index (χ0) is 16.6. The summed E-state index contributed by atoms with van der Waals surface area (Å²) < 4.78 is 10.9. The van der Waals surface area contributed by atoms with E-state index in [1.807, 2.05) is 30.3 Å². The molecule has 1 aromatic carbocycles. The van der Waals surface area contributed by atoms with Crippen LogP contribution >= 0.6 is 0 Å². The lowest BCUT2D eigenvalue weighted by Crippen LogP contribution is -2.39. The second kappa shape index (κ2) is 8.55. The lowest BCUT2D eigenvalue weighted by molar-refractivity contribution is 0.166. The number of likely N-dealkylation sites (tertiary alicyclic amines) is 1. The lowest BCUT2D eigenvalue weighted by atomic mass is 10.1. The summed E-state index contributed by atoms with van der Waals surface area (Å²) in [7, 11) is 0. The van der Waals surface area contributed by atoms with Crippen molar-refractivity contribution in [1.29, 1.82) is 0 Å². The van der Waals surface area contributed by atoms with Gasteiger partial charge in [-0.15, -0.1) is 0 Å². The summed E-state index contributed by atoms with van der Waals surface area (Å²) in [6.45, 7) is 2.53. The first kappa shape index (κ1) is 16.6. The maximum Gasteiger partial charge on any atom is 0.412 e. The fourth-order valence-corrected chi connectivity index (χ4v) is 3.11. The van der Waals surface area contributed by atoms with Crippen LogP contribution in [0.3, 0.4) is 0 Å². The molecule has 5 nitrogen and oxygen atoms in total. The van der Waals surface area contributed by atoms with Gasteiger partial charge in [0, 0.05) is 6.54 Å². The van der Waals surface area contributed by atoms with E-state index in [0.717, 1.165) is 18.8 Å². The van der Waals surface area contributed by atoms with Crippen LogP contribution in [0.4, 0.5) is 4.79 Å². The number of nitrogens with one attached hydrogen (secondary N) is 1. The van der Waals surface area contributed by atoms with Crippen molar-refractivity contribution in [2.45, 2.75) is 31.7 Å². The molecule has 1 aliphatic heterocycles. The number of amides is 1. The van der Waals surface area contributed by atoms with Crippen LogP contribution in [0.15, 0.2) is 53.1 Å². The molecule has 1 N–H and O–H groups in total. The van der Waals surface area contributed by atoms with Crippen molar-refractivity contribution in [2.75, 3.05) is 19.6 Å². The fraction of sp³-hybridized carbons (Fsp3) is 0.421. The molecule has 1 aromatic heterocycles. The molecule has 1 saturated heterocycles. The minimum atomic E-state index is -0.437. The molecule has 5 heteroatoms. The van der Waals surface area contributed by atoms with E-state index in [4.69, 9.17) is 9.15 Å². The highest BCUT2D eigenvalue weighted by molar-refractivity contribution is 5.70. The minimum Gasteiger partial charge on any atom is -0.468 e. The molecular weight excluding hydrogens is 304 g/mol. The molecular formula is C19H24N2O3. The first-order valence-corrected chi connectivity index (χ1v) is 8.61. The number of benzene rings is 1. The number of hydrogen-bond acceptors (Lipinski definition) is 4. The Bertz CT molecular complexity index is 605. The van der Waals surface area contributed by atoms with Crippen LogP contribution in [-0.2, 0) is 0 Å². The van der Waals surface area contributed by atoms with E-state index in [9.17, 15) is 4.79 Å². The molecule has 0 spiro atoms. The molecule has 1 aliphatic rings. The van der Waals surface area contributed by atoms with E-state index >= 15 is 0 Å². The highest BCUT2D eigenvalue weighted by atomic mass is 16.6. The van der Waals surface area contributed by atoms with Crippen LogP contribution < -0.4 is 10.1 Å². The van der Waals surface area contributed by atoms with E-state index in [1.54, 1.807) is 18.4 Å². The summed E-state index contributed by atoms with van der Waals surface area (Å²) in [5.41, 5.74) is 0. The van der Waals surface area contributed by atoms with Crippen LogP contribution in [0.1, 0.15) is 37.5 Å². The number of nitrogens with zero attached hydrogens (tertiary/aromatic N) is 1. The summed E-state index contributed by atoms with van der Waals surface area (Å²) in [5, 5.41) is 2.87. The van der Waals surface area contributed by atoms with Crippen LogP contribution in [0.25, 0.3) is 0 Å². The smallest absolute Gasteiger partial charge is 0.412 e. The number of hydrogen-bond donors (Lipinski definition) is 1. The highest BCUT2D eigenvalue weighted by Gasteiger charge is 2.24. The molecule has 3 rings (SSSR count). The van der Waals surface area contributed by atoms with Gasteiger partial charge in [0.25, 0.3) is 0 Å². The molecule has 0 aliphatic carbocycles. The van der Waals surface area contributed by atoms with Crippen LogP contribution in [-0.4, -0.2) is 30.6 Å². The Morgan fingerprint density at radius 2 is 1.83 bits per heavy atom. The van der Waals surface area contributed by atoms with Crippen LogP contribution in [0.2, 0.25) is 0 Å². The molecule has 128 valence electrons. The molecule has 24 heavy (non-hydrogen) atoms. The topological polar surface area (TPSA) is 54.7 Å². The van der Waals surface area contributed by atoms with Crippen molar-refractivity contribution in [3.8, 4) is 5.75 Å². The lowest BCUT2D eigenvalue weighted by Gasteiger charge is -2.29. The molecule has 0 bridgehead atoms. The first-order valence-electron chi connectivity index (χ1n) is 8.61. The van der Waals surface area contributed by atoms with Gasteiger partial charge in [-0.25, -0.2) is 4.79 Å². The van der Waals surface area contributed by atoms with E-state index in [0.29, 0.717) is 12.3 Å². The van der Waals surface area contributed by atoms with Crippen molar-refractivity contribution >= 4 is 6.09 Å². The normalized spacial score (nSPS) is 17.0. The van der Waals surface area contributed by atoms with Gasteiger partial charge in [0.15, 0.2) is 0 Å². The number of para-hydroxylation sites is 1. The largest absolute Gasteiger partial charge is 0.468 e. The zero-order valence-electron chi connectivity index (χ0n) is 13.8. The summed E-state index contributed by atoms with van der Waals surface area (Å²) in [6, 6.07) is 13.0. The summed E-state index contributed by atoms with van der Waals surface area (Å²) in [4.78, 5) is 14.5. The third-order valence-corrected chi connectivity index (χ3v) is 4.35. The van der Waals surface area contributed by atoms with Gasteiger partial charge in [-0.1, -0.05) is 31.0 Å². The minimum absolute atomic E-state index is 0.0430. The average molecular weight is 328 g/mol. The monoisotopic (exact) mass is 328 g/mol. The van der Waals surface area contributed by atoms with Crippen molar-refractivity contribution < 1.29 is 13.9 Å². The Morgan fingerprint density at radius 3 is 2.50 bits per heavy atom. The zero-order valence-corrected chi connectivity index (χ0v) is 13.8. The molecule has 1 atom stereocenters. The SMILES string of the molecule is O=C(NCC(c1ccco1)N1CCCCCC1)Oc1ccccc1. The van der Waals surface area contributed by atoms with Crippen molar-refractivity contribution in [1.82, 2.24) is 10.2 Å². The maximum atomic E-state index is 12.1. The third-order valence-electron chi connectivity index (χ3n) is 4.35. The van der Waals surface area contributed by atoms with Gasteiger partial charge in [-0.3, -0.25) is 4.90 Å². The van der Waals surface area contributed by atoms with Gasteiger partial charge in [-0.2, -0.15) is 0 Å². The average Bonchev–Trinajstić information content (AvgIpc) is 2.99. The van der Waals surface area contributed by atoms with E-state index in [-0.39, 0.29) is 6.04 Å². The number of furan rings is 1. The van der Waals surface area contributed by atoms with E-state index < -0.39 is 6.09 Å². The van der Waals surface area contributed by atoms with Crippen LogP contribution in [0, 0.1) is 0 Å². The number of ether oxygens (including phenoxy) is 1. The standard InChI is InChI=1S/C19H24N2O3/c22-19(24-16-9-4-3-5-10-16)20-15-17(18-11-8-14-23-18)21-12-6-1-2-7-13-21/h3-5,8-11,14,17H,1-2,6-7,12-13,15H2,(H,20,22). The van der Waals surface area contributed by atoms with Crippen LogP contribution in [0.5, 0.6) is 5.75 Å². The molecule has 1 amide bonds. The van der Waals surface area contributed by atoms with Crippen molar-refractivity contribution in [3.05, 3.63) is 54.5 Å². The van der Waals surface area contributed by atoms with Gasteiger partial charge in [0.1, 0.15) is 11.5 Å². The summed E-state index contributed by atoms with van der Waals surface area (Å²) >= 11 is 0. The van der Waals surface area contributed by atoms with E-state index in [2.05, 4.69) is 10.2 Å². The second-order valence-corrected chi connectivity index (χ2v) is 6.06. The van der Waals surface area contributed by atoms with Gasteiger partial charge < -0.3 is 14.5 Å². The fourth-order valence-electron chi connectivity index (χ4n) is 3.11. The van der Waals surface area contributed by atoms with E-state index in [1.165, 1.54) is 25.7 Å². The van der Waals surface area contributed by atoms with Crippen molar-refractivity contribution in [2.24, 2.45) is 0 Å². The maximum absolute atomic E-state index is 12.1. The molecule has 0 saturated carbocycles. The first-order chi connectivity index (χ1) is 11.8. The van der Waals surface area contributed by atoms with Gasteiger partial charge in [0.05, 0.1) is 12.3 Å². The highest BCUT2D eigenvalue weighted by Crippen LogP contribution is 2.24. The Hall–Kier alpha value is -2.27. The summed E-state index contributed by atoms with van der Waals surface area (Å²) in [6.07, 6.45) is 6.16. The third kappa shape index (κ3) is 4.61. The van der Waals surface area contributed by atoms with Crippen molar-refractivity contribution in [3.63, 3.8) is 0 Å². The number of carbonyl (C=O) groups is 1. The Balaban J connectivity index is 1.60. The molecule has 1 fully saturated rings. The molecule has 2 heterocycles. The predicted octanol–water partition coefficient (Wildman–Crippen LogP) is 3.99. The van der Waals surface area contributed by atoms with Gasteiger partial charge in [0.2, 0.25) is 0 Å². The number of rotatable bonds is 5. The molecule has 0 radical (unpaired) electrons. The Labute approximate surface area is 142 Å². The Kier molecular flexibility index (Phi) is 5.90. The molecule has 1 unspecified atom stereocenters.